The first-order valence-electron chi connectivity index (χ1n) is 8.05. The van der Waals surface area contributed by atoms with Crippen LogP contribution in [-0.2, 0) is 11.3 Å². The van der Waals surface area contributed by atoms with E-state index in [-0.39, 0.29) is 24.0 Å². The molecule has 0 aliphatic carbocycles. The molecular formula is C19H17ClFN3O2. The maximum Gasteiger partial charge on any atom is 0.227 e. The number of carbonyl (C=O) groups excluding carboxylic acids is 1. The van der Waals surface area contributed by atoms with Gasteiger partial charge in [-0.25, -0.2) is 4.39 Å². The van der Waals surface area contributed by atoms with Gasteiger partial charge in [0.25, 0.3) is 0 Å². The van der Waals surface area contributed by atoms with Crippen molar-refractivity contribution < 1.29 is 13.9 Å². The van der Waals surface area contributed by atoms with E-state index in [0.717, 1.165) is 11.3 Å². The fourth-order valence-corrected chi connectivity index (χ4v) is 2.63. The van der Waals surface area contributed by atoms with Gasteiger partial charge >= 0.3 is 0 Å². The van der Waals surface area contributed by atoms with Crippen LogP contribution in [0.3, 0.4) is 0 Å². The summed E-state index contributed by atoms with van der Waals surface area (Å²) in [6, 6.07) is 13.3. The van der Waals surface area contributed by atoms with Gasteiger partial charge in [0, 0.05) is 18.1 Å². The molecule has 2 aromatic carbocycles. The van der Waals surface area contributed by atoms with E-state index in [9.17, 15) is 9.18 Å². The third-order valence-electron chi connectivity index (χ3n) is 3.66. The third kappa shape index (κ3) is 4.83. The van der Waals surface area contributed by atoms with E-state index in [1.807, 2.05) is 36.5 Å². The van der Waals surface area contributed by atoms with Gasteiger partial charge in [0.15, 0.2) is 0 Å². The van der Waals surface area contributed by atoms with Crippen LogP contribution in [0.25, 0.3) is 0 Å². The summed E-state index contributed by atoms with van der Waals surface area (Å²) < 4.78 is 20.2. The highest BCUT2D eigenvalue weighted by Gasteiger charge is 2.09. The minimum absolute atomic E-state index is 0.137. The zero-order chi connectivity index (χ0) is 18.4. The lowest BCUT2D eigenvalue weighted by Crippen LogP contribution is -2.17. The van der Waals surface area contributed by atoms with E-state index in [1.165, 1.54) is 18.2 Å². The molecule has 134 valence electrons. The molecule has 0 radical (unpaired) electrons. The molecular weight excluding hydrogens is 357 g/mol. The molecule has 0 fully saturated rings. The minimum atomic E-state index is -0.436. The zero-order valence-electron chi connectivity index (χ0n) is 13.9. The quantitative estimate of drug-likeness (QED) is 0.677. The van der Waals surface area contributed by atoms with Crippen molar-refractivity contribution in [2.75, 3.05) is 11.9 Å². The molecule has 26 heavy (non-hydrogen) atoms. The van der Waals surface area contributed by atoms with E-state index in [2.05, 4.69) is 10.4 Å². The second-order valence-corrected chi connectivity index (χ2v) is 5.99. The van der Waals surface area contributed by atoms with Gasteiger partial charge in [-0.05, 0) is 35.9 Å². The Balaban J connectivity index is 1.55. The van der Waals surface area contributed by atoms with E-state index in [1.54, 1.807) is 10.9 Å². The summed E-state index contributed by atoms with van der Waals surface area (Å²) in [7, 11) is 0. The van der Waals surface area contributed by atoms with Crippen molar-refractivity contribution >= 4 is 23.2 Å². The van der Waals surface area contributed by atoms with Crippen LogP contribution < -0.4 is 10.1 Å². The van der Waals surface area contributed by atoms with E-state index in [0.29, 0.717) is 12.3 Å². The fraction of sp³-hybridized carbons (Fsp3) is 0.158. The number of amides is 1. The van der Waals surface area contributed by atoms with Crippen LogP contribution in [0.5, 0.6) is 5.75 Å². The molecule has 5 nitrogen and oxygen atoms in total. The van der Waals surface area contributed by atoms with Crippen molar-refractivity contribution in [1.29, 1.82) is 0 Å². The molecule has 0 saturated heterocycles. The molecule has 3 aromatic rings. The number of hydrogen-bond acceptors (Lipinski definition) is 3. The Morgan fingerprint density at radius 3 is 2.85 bits per heavy atom. The van der Waals surface area contributed by atoms with E-state index >= 15 is 0 Å². The summed E-state index contributed by atoms with van der Waals surface area (Å²) in [5, 5.41) is 7.23. The number of rotatable bonds is 7. The number of para-hydroxylation sites is 1. The second kappa shape index (κ2) is 8.49. The number of anilines is 1. The van der Waals surface area contributed by atoms with Crippen molar-refractivity contribution in [3.63, 3.8) is 0 Å². The molecule has 7 heteroatoms. The lowest BCUT2D eigenvalue weighted by molar-refractivity contribution is -0.116. The summed E-state index contributed by atoms with van der Waals surface area (Å²) in [5.41, 5.74) is 1.68. The number of ether oxygens (including phenoxy) is 1. The highest BCUT2D eigenvalue weighted by molar-refractivity contribution is 6.32. The molecule has 0 aliphatic heterocycles. The molecule has 0 saturated carbocycles. The Morgan fingerprint density at radius 1 is 1.23 bits per heavy atom. The van der Waals surface area contributed by atoms with Crippen LogP contribution in [0.15, 0.2) is 60.9 Å². The van der Waals surface area contributed by atoms with Crippen molar-refractivity contribution in [1.82, 2.24) is 9.78 Å². The standard InChI is InChI=1S/C19H17ClFN3O2/c20-16-12-15(21)6-7-18(16)26-11-8-19(25)23-17-5-2-1-4-14(17)13-24-10-3-9-22-24/h1-7,9-10,12H,8,11,13H2,(H,23,25). The predicted molar refractivity (Wildman–Crippen MR) is 97.9 cm³/mol. The average Bonchev–Trinajstić information content (AvgIpc) is 3.12. The number of hydrogen-bond donors (Lipinski definition) is 1. The summed E-state index contributed by atoms with van der Waals surface area (Å²) in [5.74, 6) is -0.273. The number of halogens is 2. The molecule has 0 spiro atoms. The molecule has 1 heterocycles. The van der Waals surface area contributed by atoms with Gasteiger partial charge in [0.05, 0.1) is 24.6 Å². The number of nitrogens with zero attached hydrogens (tertiary/aromatic N) is 2. The van der Waals surface area contributed by atoms with Crippen LogP contribution in [0.4, 0.5) is 10.1 Å². The Kier molecular flexibility index (Phi) is 5.86. The summed E-state index contributed by atoms with van der Waals surface area (Å²) >= 11 is 5.89. The summed E-state index contributed by atoms with van der Waals surface area (Å²) in [4.78, 5) is 12.2. The first kappa shape index (κ1) is 17.9. The lowest BCUT2D eigenvalue weighted by atomic mass is 10.1. The topological polar surface area (TPSA) is 56.1 Å². The SMILES string of the molecule is O=C(CCOc1ccc(F)cc1Cl)Nc1ccccc1Cn1cccn1. The van der Waals surface area contributed by atoms with Crippen LogP contribution in [0.1, 0.15) is 12.0 Å². The monoisotopic (exact) mass is 373 g/mol. The van der Waals surface area contributed by atoms with Crippen molar-refractivity contribution in [3.05, 3.63) is 77.3 Å². The number of carbonyl (C=O) groups is 1. The normalized spacial score (nSPS) is 10.5. The van der Waals surface area contributed by atoms with Crippen LogP contribution in [-0.4, -0.2) is 22.3 Å². The van der Waals surface area contributed by atoms with E-state index < -0.39 is 5.82 Å². The lowest BCUT2D eigenvalue weighted by Gasteiger charge is -2.12. The molecule has 0 bridgehead atoms. The summed E-state index contributed by atoms with van der Waals surface area (Å²) in [6.07, 6.45) is 3.71. The third-order valence-corrected chi connectivity index (χ3v) is 3.96. The minimum Gasteiger partial charge on any atom is -0.491 e. The van der Waals surface area contributed by atoms with Crippen LogP contribution in [0.2, 0.25) is 5.02 Å². The summed E-state index contributed by atoms with van der Waals surface area (Å²) in [6.45, 7) is 0.698. The van der Waals surface area contributed by atoms with Gasteiger partial charge in [-0.1, -0.05) is 29.8 Å². The van der Waals surface area contributed by atoms with Crippen molar-refractivity contribution in [3.8, 4) is 5.75 Å². The Bertz CT molecular complexity index is 884. The maximum atomic E-state index is 13.0. The zero-order valence-corrected chi connectivity index (χ0v) is 14.6. The van der Waals surface area contributed by atoms with Crippen LogP contribution in [0, 0.1) is 5.82 Å². The van der Waals surface area contributed by atoms with Gasteiger partial charge < -0.3 is 10.1 Å². The van der Waals surface area contributed by atoms with Gasteiger partial charge in [0.2, 0.25) is 5.91 Å². The second-order valence-electron chi connectivity index (χ2n) is 5.58. The molecule has 3 rings (SSSR count). The number of aromatic nitrogens is 2. The molecule has 0 aliphatic rings. The fourth-order valence-electron chi connectivity index (χ4n) is 2.41. The van der Waals surface area contributed by atoms with Gasteiger partial charge in [0.1, 0.15) is 11.6 Å². The van der Waals surface area contributed by atoms with Crippen molar-refractivity contribution in [2.45, 2.75) is 13.0 Å². The van der Waals surface area contributed by atoms with Crippen LogP contribution >= 0.6 is 11.6 Å². The van der Waals surface area contributed by atoms with Gasteiger partial charge in [-0.3, -0.25) is 9.48 Å². The highest BCUT2D eigenvalue weighted by atomic mass is 35.5. The molecule has 1 amide bonds. The Labute approximate surface area is 155 Å². The molecule has 0 atom stereocenters. The first-order valence-corrected chi connectivity index (χ1v) is 8.42. The first-order chi connectivity index (χ1) is 12.6. The van der Waals surface area contributed by atoms with E-state index in [4.69, 9.17) is 16.3 Å². The largest absolute Gasteiger partial charge is 0.491 e. The predicted octanol–water partition coefficient (Wildman–Crippen LogP) is 4.13. The molecule has 1 aromatic heterocycles. The van der Waals surface area contributed by atoms with Crippen molar-refractivity contribution in [2.24, 2.45) is 0 Å². The Hall–Kier alpha value is -2.86. The smallest absolute Gasteiger partial charge is 0.227 e. The maximum absolute atomic E-state index is 13.0. The molecule has 1 N–H and O–H groups in total. The number of benzene rings is 2. The average molecular weight is 374 g/mol. The Morgan fingerprint density at radius 2 is 2.08 bits per heavy atom. The van der Waals surface area contributed by atoms with Gasteiger partial charge in [-0.2, -0.15) is 5.10 Å². The highest BCUT2D eigenvalue weighted by Crippen LogP contribution is 2.25. The van der Waals surface area contributed by atoms with Gasteiger partial charge in [-0.15, -0.1) is 0 Å². The molecule has 0 unspecified atom stereocenters. The number of nitrogens with one attached hydrogen (secondary N) is 1.